The van der Waals surface area contributed by atoms with Gasteiger partial charge in [0.2, 0.25) is 17.8 Å². The monoisotopic (exact) mass is 289 g/mol. The molecule has 3 rings (SSSR count). The number of hydrogen-bond acceptors (Lipinski definition) is 8. The van der Waals surface area contributed by atoms with Crippen LogP contribution in [0.25, 0.3) is 5.95 Å². The summed E-state index contributed by atoms with van der Waals surface area (Å²) in [5.41, 5.74) is 0. The number of carbonyl (C=O) groups is 1. The van der Waals surface area contributed by atoms with Crippen LogP contribution in [0.2, 0.25) is 0 Å². The van der Waals surface area contributed by atoms with Gasteiger partial charge in [0.15, 0.2) is 0 Å². The third kappa shape index (κ3) is 2.59. The molecule has 0 saturated carbocycles. The first-order valence-electron chi connectivity index (χ1n) is 6.45. The second kappa shape index (κ2) is 5.31. The molecule has 3 heterocycles. The van der Waals surface area contributed by atoms with Crippen LogP contribution in [0.3, 0.4) is 0 Å². The van der Waals surface area contributed by atoms with Gasteiger partial charge in [0.1, 0.15) is 12.7 Å². The Morgan fingerprint density at radius 2 is 2.00 bits per heavy atom. The van der Waals surface area contributed by atoms with E-state index in [0.29, 0.717) is 30.9 Å². The minimum absolute atomic E-state index is 0.0370. The summed E-state index contributed by atoms with van der Waals surface area (Å²) in [6, 6.07) is 0. The van der Waals surface area contributed by atoms with Gasteiger partial charge < -0.3 is 15.1 Å². The van der Waals surface area contributed by atoms with Crippen LogP contribution < -0.4 is 10.2 Å². The molecular weight excluding hydrogens is 274 g/mol. The van der Waals surface area contributed by atoms with E-state index in [4.69, 9.17) is 0 Å². The van der Waals surface area contributed by atoms with E-state index in [-0.39, 0.29) is 12.5 Å². The summed E-state index contributed by atoms with van der Waals surface area (Å²) in [6.45, 7) is 1.56. The molecule has 0 spiro atoms. The topological polar surface area (TPSA) is 105 Å². The molecule has 1 amide bonds. The first-order valence-corrected chi connectivity index (χ1v) is 6.45. The van der Waals surface area contributed by atoms with Gasteiger partial charge in [0, 0.05) is 27.2 Å². The second-order valence-corrected chi connectivity index (χ2v) is 4.59. The van der Waals surface area contributed by atoms with Gasteiger partial charge in [-0.2, -0.15) is 24.7 Å². The molecule has 0 bridgehead atoms. The maximum atomic E-state index is 11.8. The fourth-order valence-corrected chi connectivity index (χ4v) is 1.95. The molecule has 21 heavy (non-hydrogen) atoms. The Hall–Kier alpha value is -2.78. The van der Waals surface area contributed by atoms with E-state index in [9.17, 15) is 4.79 Å². The van der Waals surface area contributed by atoms with Gasteiger partial charge in [-0.1, -0.05) is 0 Å². The van der Waals surface area contributed by atoms with Gasteiger partial charge in [-0.15, -0.1) is 0 Å². The van der Waals surface area contributed by atoms with Crippen molar-refractivity contribution in [3.63, 3.8) is 0 Å². The number of likely N-dealkylation sites (N-methyl/N-ethyl adjacent to an activating group) is 1. The molecule has 1 fully saturated rings. The normalized spacial score (nSPS) is 15.4. The van der Waals surface area contributed by atoms with E-state index < -0.39 is 0 Å². The van der Waals surface area contributed by atoms with Crippen molar-refractivity contribution in [1.82, 2.24) is 34.6 Å². The standard InChI is InChI=1S/C11H15N9O/c1-12-9-15-10(19-4-3-18(2)8(21)5-19)17-11(16-9)20-7-13-6-14-20/h6-7H,3-5H2,1-2H3,(H,12,15,16,17). The first-order chi connectivity index (χ1) is 10.2. The van der Waals surface area contributed by atoms with Crippen molar-refractivity contribution in [2.75, 3.05) is 43.9 Å². The molecule has 10 heteroatoms. The van der Waals surface area contributed by atoms with Crippen molar-refractivity contribution in [2.45, 2.75) is 0 Å². The zero-order valence-corrected chi connectivity index (χ0v) is 11.8. The maximum Gasteiger partial charge on any atom is 0.258 e. The van der Waals surface area contributed by atoms with Crippen molar-refractivity contribution in [3.05, 3.63) is 12.7 Å². The number of nitrogens with one attached hydrogen (secondary N) is 1. The summed E-state index contributed by atoms with van der Waals surface area (Å²) < 4.78 is 1.45. The van der Waals surface area contributed by atoms with Crippen molar-refractivity contribution in [2.24, 2.45) is 0 Å². The summed E-state index contributed by atoms with van der Waals surface area (Å²) in [5, 5.41) is 6.89. The second-order valence-electron chi connectivity index (χ2n) is 4.59. The largest absolute Gasteiger partial charge is 0.357 e. The lowest BCUT2D eigenvalue weighted by molar-refractivity contribution is -0.129. The van der Waals surface area contributed by atoms with Crippen LogP contribution in [-0.2, 0) is 4.79 Å². The minimum atomic E-state index is 0.0370. The highest BCUT2D eigenvalue weighted by atomic mass is 16.2. The molecule has 1 aliphatic rings. The Labute approximate surface area is 120 Å². The van der Waals surface area contributed by atoms with E-state index in [1.165, 1.54) is 17.3 Å². The number of nitrogens with zero attached hydrogens (tertiary/aromatic N) is 8. The molecule has 1 aliphatic heterocycles. The summed E-state index contributed by atoms with van der Waals surface area (Å²) in [6.07, 6.45) is 2.91. The Kier molecular flexibility index (Phi) is 3.34. The van der Waals surface area contributed by atoms with E-state index >= 15 is 0 Å². The third-order valence-corrected chi connectivity index (χ3v) is 3.20. The predicted molar refractivity (Wildman–Crippen MR) is 74.1 cm³/mol. The smallest absolute Gasteiger partial charge is 0.258 e. The van der Waals surface area contributed by atoms with Gasteiger partial charge in [-0.05, 0) is 0 Å². The first kappa shape index (κ1) is 13.2. The van der Waals surface area contributed by atoms with Crippen LogP contribution in [0.5, 0.6) is 0 Å². The average molecular weight is 289 g/mol. The number of hydrogen-bond donors (Lipinski definition) is 1. The Bertz CT molecular complexity index is 641. The van der Waals surface area contributed by atoms with Crippen molar-refractivity contribution >= 4 is 17.8 Å². The third-order valence-electron chi connectivity index (χ3n) is 3.20. The van der Waals surface area contributed by atoms with Gasteiger partial charge >= 0.3 is 0 Å². The fraction of sp³-hybridized carbons (Fsp3) is 0.455. The van der Waals surface area contributed by atoms with Crippen LogP contribution in [0.4, 0.5) is 11.9 Å². The van der Waals surface area contributed by atoms with Crippen LogP contribution in [0, 0.1) is 0 Å². The van der Waals surface area contributed by atoms with Crippen LogP contribution in [0.15, 0.2) is 12.7 Å². The summed E-state index contributed by atoms with van der Waals surface area (Å²) >= 11 is 0. The van der Waals surface area contributed by atoms with Crippen LogP contribution in [0.1, 0.15) is 0 Å². The molecule has 110 valence electrons. The van der Waals surface area contributed by atoms with Gasteiger partial charge in [0.25, 0.3) is 5.95 Å². The molecule has 0 unspecified atom stereocenters. The van der Waals surface area contributed by atoms with Crippen molar-refractivity contribution < 1.29 is 4.79 Å². The lowest BCUT2D eigenvalue weighted by Gasteiger charge is -2.31. The average Bonchev–Trinajstić information content (AvgIpc) is 3.04. The number of aromatic nitrogens is 6. The molecular formula is C11H15N9O. The molecule has 2 aromatic rings. The van der Waals surface area contributed by atoms with E-state index in [2.05, 4.69) is 30.4 Å². The number of amides is 1. The van der Waals surface area contributed by atoms with Gasteiger partial charge in [-0.25, -0.2) is 4.98 Å². The molecule has 0 atom stereocenters. The number of rotatable bonds is 3. The van der Waals surface area contributed by atoms with E-state index in [1.807, 2.05) is 4.90 Å². The van der Waals surface area contributed by atoms with E-state index in [0.717, 1.165) is 0 Å². The van der Waals surface area contributed by atoms with Crippen LogP contribution >= 0.6 is 0 Å². The zero-order valence-electron chi connectivity index (χ0n) is 11.8. The SMILES string of the molecule is CNc1nc(N2CCN(C)C(=O)C2)nc(-n2cncn2)n1. The quantitative estimate of drug-likeness (QED) is 0.749. The lowest BCUT2D eigenvalue weighted by atomic mass is 10.3. The highest BCUT2D eigenvalue weighted by Gasteiger charge is 2.24. The number of anilines is 2. The molecule has 2 aromatic heterocycles. The molecule has 1 saturated heterocycles. The minimum Gasteiger partial charge on any atom is -0.357 e. The Morgan fingerprint density at radius 1 is 1.19 bits per heavy atom. The highest BCUT2D eigenvalue weighted by molar-refractivity contribution is 5.81. The maximum absolute atomic E-state index is 11.8. The summed E-state index contributed by atoms with van der Waals surface area (Å²) in [4.78, 5) is 32.1. The molecule has 0 aromatic carbocycles. The van der Waals surface area contributed by atoms with Crippen molar-refractivity contribution in [1.29, 1.82) is 0 Å². The van der Waals surface area contributed by atoms with Gasteiger partial charge in [0.05, 0.1) is 6.54 Å². The number of piperazine rings is 1. The fourth-order valence-electron chi connectivity index (χ4n) is 1.95. The summed E-state index contributed by atoms with van der Waals surface area (Å²) in [7, 11) is 3.51. The molecule has 0 radical (unpaired) electrons. The Balaban J connectivity index is 1.95. The molecule has 1 N–H and O–H groups in total. The van der Waals surface area contributed by atoms with Crippen molar-refractivity contribution in [3.8, 4) is 5.95 Å². The molecule has 10 nitrogen and oxygen atoms in total. The number of carbonyl (C=O) groups excluding carboxylic acids is 1. The highest BCUT2D eigenvalue weighted by Crippen LogP contribution is 2.14. The zero-order chi connectivity index (χ0) is 14.8. The van der Waals surface area contributed by atoms with E-state index in [1.54, 1.807) is 19.0 Å². The predicted octanol–water partition coefficient (Wildman–Crippen LogP) is -1.23. The lowest BCUT2D eigenvalue weighted by Crippen LogP contribution is -2.49. The molecule has 0 aliphatic carbocycles. The summed E-state index contributed by atoms with van der Waals surface area (Å²) in [5.74, 6) is 1.25. The van der Waals surface area contributed by atoms with Gasteiger partial charge in [-0.3, -0.25) is 4.79 Å². The Morgan fingerprint density at radius 3 is 2.67 bits per heavy atom. The van der Waals surface area contributed by atoms with Crippen LogP contribution in [-0.4, -0.2) is 74.3 Å².